The minimum Gasteiger partial charge on any atom is -0.505 e. The molecule has 0 radical (unpaired) electrons. The van der Waals surface area contributed by atoms with Gasteiger partial charge in [-0.2, -0.15) is 0 Å². The van der Waals surface area contributed by atoms with Crippen molar-refractivity contribution in [3.05, 3.63) is 45.6 Å². The summed E-state index contributed by atoms with van der Waals surface area (Å²) >= 11 is 1.37. The van der Waals surface area contributed by atoms with Gasteiger partial charge in [0.05, 0.1) is 10.6 Å². The summed E-state index contributed by atoms with van der Waals surface area (Å²) in [5, 5.41) is 14.4. The van der Waals surface area contributed by atoms with Gasteiger partial charge in [0.2, 0.25) is 0 Å². The van der Waals surface area contributed by atoms with E-state index in [9.17, 15) is 9.90 Å². The molecule has 0 aliphatic rings. The molecule has 0 aliphatic heterocycles. The van der Waals surface area contributed by atoms with Crippen LogP contribution in [0, 0.1) is 13.8 Å². The van der Waals surface area contributed by atoms with Crippen molar-refractivity contribution < 1.29 is 9.90 Å². The highest BCUT2D eigenvalue weighted by atomic mass is 32.1. The fourth-order valence-electron chi connectivity index (χ4n) is 1.65. The van der Waals surface area contributed by atoms with Gasteiger partial charge in [-0.25, -0.2) is 0 Å². The summed E-state index contributed by atoms with van der Waals surface area (Å²) < 4.78 is 0. The third kappa shape index (κ3) is 2.47. The van der Waals surface area contributed by atoms with Crippen molar-refractivity contribution in [2.45, 2.75) is 13.8 Å². The lowest BCUT2D eigenvalue weighted by atomic mass is 10.1. The van der Waals surface area contributed by atoms with Crippen molar-refractivity contribution >= 4 is 22.9 Å². The largest absolute Gasteiger partial charge is 0.505 e. The number of hydrogen-bond donors (Lipinski definition) is 2. The molecule has 1 amide bonds. The maximum atomic E-state index is 11.8. The first kappa shape index (κ1) is 11.7. The number of hydrogen-bond acceptors (Lipinski definition) is 3. The number of amides is 1. The summed E-state index contributed by atoms with van der Waals surface area (Å²) in [4.78, 5) is 12.5. The van der Waals surface area contributed by atoms with E-state index in [2.05, 4.69) is 5.32 Å². The molecule has 3 nitrogen and oxygen atoms in total. The molecule has 1 heterocycles. The van der Waals surface area contributed by atoms with Crippen LogP contribution >= 0.6 is 11.3 Å². The van der Waals surface area contributed by atoms with Crippen molar-refractivity contribution in [2.75, 3.05) is 5.32 Å². The van der Waals surface area contributed by atoms with E-state index < -0.39 is 0 Å². The second-order valence-electron chi connectivity index (χ2n) is 3.91. The van der Waals surface area contributed by atoms with Gasteiger partial charge in [-0.05, 0) is 42.5 Å². The molecule has 88 valence electrons. The molecule has 0 spiro atoms. The number of anilines is 1. The van der Waals surface area contributed by atoms with E-state index in [1.165, 1.54) is 11.3 Å². The lowest BCUT2D eigenvalue weighted by Gasteiger charge is -2.09. The number of carbonyl (C=O) groups is 1. The molecule has 0 atom stereocenters. The number of thiophene rings is 1. The summed E-state index contributed by atoms with van der Waals surface area (Å²) in [5.74, 6) is -0.0687. The number of phenolic OH excluding ortho intramolecular Hbond substituents is 1. The van der Waals surface area contributed by atoms with Crippen molar-refractivity contribution in [2.24, 2.45) is 0 Å². The molecule has 0 saturated heterocycles. The van der Waals surface area contributed by atoms with Gasteiger partial charge in [-0.1, -0.05) is 12.1 Å². The first-order chi connectivity index (χ1) is 8.08. The number of rotatable bonds is 2. The molecule has 0 unspecified atom stereocenters. The second-order valence-corrected chi connectivity index (χ2v) is 4.86. The third-order valence-corrected chi connectivity index (χ3v) is 3.31. The van der Waals surface area contributed by atoms with Gasteiger partial charge in [-0.3, -0.25) is 4.79 Å². The Morgan fingerprint density at radius 3 is 2.76 bits per heavy atom. The van der Waals surface area contributed by atoms with Crippen LogP contribution in [0.4, 0.5) is 5.69 Å². The predicted octanol–water partition coefficient (Wildman–Crippen LogP) is 3.32. The van der Waals surface area contributed by atoms with Crippen LogP contribution in [0.2, 0.25) is 0 Å². The topological polar surface area (TPSA) is 49.3 Å². The fourth-order valence-corrected chi connectivity index (χ4v) is 2.27. The van der Waals surface area contributed by atoms with Gasteiger partial charge in [0.1, 0.15) is 5.75 Å². The highest BCUT2D eigenvalue weighted by molar-refractivity contribution is 7.12. The average Bonchev–Trinajstić information content (AvgIpc) is 2.78. The number of aromatic hydroxyl groups is 1. The zero-order valence-corrected chi connectivity index (χ0v) is 10.5. The van der Waals surface area contributed by atoms with Crippen LogP contribution in [-0.4, -0.2) is 11.0 Å². The van der Waals surface area contributed by atoms with Crippen LogP contribution in [0.25, 0.3) is 0 Å². The van der Waals surface area contributed by atoms with E-state index in [4.69, 9.17) is 0 Å². The summed E-state index contributed by atoms with van der Waals surface area (Å²) in [7, 11) is 0. The molecular weight excluding hydrogens is 234 g/mol. The maximum Gasteiger partial charge on any atom is 0.265 e. The summed E-state index contributed by atoms with van der Waals surface area (Å²) in [6.45, 7) is 3.73. The Balaban J connectivity index is 2.28. The molecule has 17 heavy (non-hydrogen) atoms. The van der Waals surface area contributed by atoms with E-state index in [1.807, 2.05) is 31.4 Å². The SMILES string of the molecule is Cc1cc(C)c(O)c(NC(=O)c2cccs2)c1. The van der Waals surface area contributed by atoms with Crippen LogP contribution in [-0.2, 0) is 0 Å². The van der Waals surface area contributed by atoms with Crippen LogP contribution in [0.15, 0.2) is 29.6 Å². The Labute approximate surface area is 104 Å². The Kier molecular flexibility index (Phi) is 3.15. The maximum absolute atomic E-state index is 11.8. The van der Waals surface area contributed by atoms with Gasteiger partial charge < -0.3 is 10.4 Å². The highest BCUT2D eigenvalue weighted by Gasteiger charge is 2.11. The van der Waals surface area contributed by atoms with Gasteiger partial charge in [0.25, 0.3) is 5.91 Å². The molecule has 0 bridgehead atoms. The van der Waals surface area contributed by atoms with Crippen molar-refractivity contribution in [1.82, 2.24) is 0 Å². The van der Waals surface area contributed by atoms with Gasteiger partial charge in [0.15, 0.2) is 0 Å². The quantitative estimate of drug-likeness (QED) is 0.800. The molecule has 2 N–H and O–H groups in total. The Hall–Kier alpha value is -1.81. The smallest absolute Gasteiger partial charge is 0.265 e. The summed E-state index contributed by atoms with van der Waals surface area (Å²) in [5.41, 5.74) is 2.22. The zero-order valence-electron chi connectivity index (χ0n) is 9.65. The van der Waals surface area contributed by atoms with Crippen molar-refractivity contribution in [1.29, 1.82) is 0 Å². The van der Waals surface area contributed by atoms with E-state index >= 15 is 0 Å². The van der Waals surface area contributed by atoms with Gasteiger partial charge >= 0.3 is 0 Å². The summed E-state index contributed by atoms with van der Waals surface area (Å²) in [6, 6.07) is 7.20. The molecule has 0 saturated carbocycles. The minimum absolute atomic E-state index is 0.125. The zero-order chi connectivity index (χ0) is 12.4. The number of aryl methyl sites for hydroxylation is 2. The van der Waals surface area contributed by atoms with Crippen LogP contribution in [0.3, 0.4) is 0 Å². The van der Waals surface area contributed by atoms with Gasteiger partial charge in [0, 0.05) is 0 Å². The molecule has 0 aliphatic carbocycles. The normalized spacial score (nSPS) is 10.2. The number of phenols is 1. The lowest BCUT2D eigenvalue weighted by Crippen LogP contribution is -2.10. The van der Waals surface area contributed by atoms with E-state index in [0.29, 0.717) is 10.6 Å². The predicted molar refractivity (Wildman–Crippen MR) is 69.9 cm³/mol. The third-order valence-electron chi connectivity index (χ3n) is 2.44. The number of carbonyl (C=O) groups excluding carboxylic acids is 1. The molecular formula is C13H13NO2S. The standard InChI is InChI=1S/C13H13NO2S/c1-8-6-9(2)12(15)10(7-8)14-13(16)11-4-3-5-17-11/h3-7,15H,1-2H3,(H,14,16). The van der Waals surface area contributed by atoms with Gasteiger partial charge in [-0.15, -0.1) is 11.3 Å². The Bertz CT molecular complexity index is 547. The average molecular weight is 247 g/mol. The molecule has 2 rings (SSSR count). The second kappa shape index (κ2) is 4.59. The highest BCUT2D eigenvalue weighted by Crippen LogP contribution is 2.29. The summed E-state index contributed by atoms with van der Waals surface area (Å²) in [6.07, 6.45) is 0. The van der Waals surface area contributed by atoms with E-state index in [0.717, 1.165) is 11.1 Å². The van der Waals surface area contributed by atoms with Crippen molar-refractivity contribution in [3.63, 3.8) is 0 Å². The number of benzene rings is 1. The first-order valence-corrected chi connectivity index (χ1v) is 6.11. The first-order valence-electron chi connectivity index (χ1n) is 5.23. The van der Waals surface area contributed by atoms with Crippen molar-refractivity contribution in [3.8, 4) is 5.75 Å². The van der Waals surface area contributed by atoms with Crippen LogP contribution < -0.4 is 5.32 Å². The fraction of sp³-hybridized carbons (Fsp3) is 0.154. The van der Waals surface area contributed by atoms with Crippen LogP contribution in [0.1, 0.15) is 20.8 Å². The Morgan fingerprint density at radius 2 is 2.12 bits per heavy atom. The molecule has 1 aromatic carbocycles. The Morgan fingerprint density at radius 1 is 1.35 bits per heavy atom. The van der Waals surface area contributed by atoms with Crippen LogP contribution in [0.5, 0.6) is 5.75 Å². The molecule has 1 aromatic heterocycles. The molecule has 2 aromatic rings. The molecule has 4 heteroatoms. The van der Waals surface area contributed by atoms with E-state index in [-0.39, 0.29) is 11.7 Å². The van der Waals surface area contributed by atoms with E-state index in [1.54, 1.807) is 12.1 Å². The number of nitrogens with one attached hydrogen (secondary N) is 1. The molecule has 0 fully saturated rings. The monoisotopic (exact) mass is 247 g/mol. The minimum atomic E-state index is -0.194. The lowest BCUT2D eigenvalue weighted by molar-refractivity contribution is 0.103.